The van der Waals surface area contributed by atoms with Crippen molar-refractivity contribution in [3.05, 3.63) is 58.2 Å². The second kappa shape index (κ2) is 4.79. The average molecular weight is 346 g/mol. The SMILES string of the molecule is OC(c1cc(Br)c2c(c1)OCO2)c1cccc2[nH]ccc12. The smallest absolute Gasteiger partial charge is 0.231 e. The molecule has 4 rings (SSSR count). The Labute approximate surface area is 129 Å². The zero-order valence-electron chi connectivity index (χ0n) is 11.0. The van der Waals surface area contributed by atoms with Gasteiger partial charge in [-0.1, -0.05) is 12.1 Å². The first kappa shape index (κ1) is 12.7. The normalized spacial score (nSPS) is 14.6. The molecule has 1 aromatic heterocycles. The summed E-state index contributed by atoms with van der Waals surface area (Å²) in [6.07, 6.45) is 1.14. The lowest BCUT2D eigenvalue weighted by Crippen LogP contribution is -2.00. The highest BCUT2D eigenvalue weighted by Gasteiger charge is 2.22. The number of rotatable bonds is 2. The van der Waals surface area contributed by atoms with Gasteiger partial charge in [0.2, 0.25) is 6.79 Å². The van der Waals surface area contributed by atoms with Gasteiger partial charge in [-0.05, 0) is 51.3 Å². The molecule has 0 spiro atoms. The monoisotopic (exact) mass is 345 g/mol. The van der Waals surface area contributed by atoms with Crippen LogP contribution in [0.1, 0.15) is 17.2 Å². The van der Waals surface area contributed by atoms with Crippen LogP contribution in [0.3, 0.4) is 0 Å². The van der Waals surface area contributed by atoms with Crippen LogP contribution in [0.25, 0.3) is 10.9 Å². The minimum atomic E-state index is -0.727. The predicted octanol–water partition coefficient (Wildman–Crippen LogP) is 3.74. The lowest BCUT2D eigenvalue weighted by Gasteiger charge is -2.14. The average Bonchev–Trinajstić information content (AvgIpc) is 3.14. The molecular weight excluding hydrogens is 334 g/mol. The maximum Gasteiger partial charge on any atom is 0.231 e. The minimum absolute atomic E-state index is 0.209. The fraction of sp³-hybridized carbons (Fsp3) is 0.125. The van der Waals surface area contributed by atoms with E-state index in [9.17, 15) is 5.11 Å². The summed E-state index contributed by atoms with van der Waals surface area (Å²) in [6, 6.07) is 11.5. The Morgan fingerprint density at radius 3 is 3.00 bits per heavy atom. The van der Waals surface area contributed by atoms with E-state index in [1.807, 2.05) is 42.6 Å². The Bertz CT molecular complexity index is 828. The van der Waals surface area contributed by atoms with E-state index in [2.05, 4.69) is 20.9 Å². The van der Waals surface area contributed by atoms with E-state index >= 15 is 0 Å². The molecule has 1 aliphatic heterocycles. The summed E-state index contributed by atoms with van der Waals surface area (Å²) < 4.78 is 11.6. The van der Waals surface area contributed by atoms with Crippen LogP contribution in [0.2, 0.25) is 0 Å². The third-order valence-electron chi connectivity index (χ3n) is 3.69. The molecule has 5 heteroatoms. The lowest BCUT2D eigenvalue weighted by molar-refractivity contribution is 0.173. The Morgan fingerprint density at radius 2 is 2.10 bits per heavy atom. The molecule has 1 unspecified atom stereocenters. The zero-order chi connectivity index (χ0) is 14.4. The van der Waals surface area contributed by atoms with Crippen LogP contribution >= 0.6 is 15.9 Å². The number of hydrogen-bond donors (Lipinski definition) is 2. The predicted molar refractivity (Wildman–Crippen MR) is 82.6 cm³/mol. The molecule has 0 aliphatic carbocycles. The highest BCUT2D eigenvalue weighted by atomic mass is 79.9. The van der Waals surface area contributed by atoms with Crippen molar-refractivity contribution in [3.63, 3.8) is 0 Å². The molecule has 0 fully saturated rings. The van der Waals surface area contributed by atoms with Gasteiger partial charge in [0, 0.05) is 17.1 Å². The molecular formula is C16H12BrNO3. The number of fused-ring (bicyclic) bond motifs is 2. The summed E-state index contributed by atoms with van der Waals surface area (Å²) in [5.41, 5.74) is 2.63. The van der Waals surface area contributed by atoms with Crippen molar-refractivity contribution >= 4 is 26.8 Å². The van der Waals surface area contributed by atoms with Crippen LogP contribution < -0.4 is 9.47 Å². The van der Waals surface area contributed by atoms with Crippen molar-refractivity contribution < 1.29 is 14.6 Å². The first-order valence-corrected chi connectivity index (χ1v) is 7.36. The van der Waals surface area contributed by atoms with Gasteiger partial charge in [0.05, 0.1) is 4.47 Å². The molecule has 3 aromatic rings. The Kier molecular flexibility index (Phi) is 2.90. The number of nitrogens with one attached hydrogen (secondary N) is 1. The highest BCUT2D eigenvalue weighted by Crippen LogP contribution is 2.42. The van der Waals surface area contributed by atoms with Gasteiger partial charge in [0.1, 0.15) is 6.10 Å². The van der Waals surface area contributed by atoms with Gasteiger partial charge in [-0.25, -0.2) is 0 Å². The summed E-state index contributed by atoms with van der Waals surface area (Å²) in [4.78, 5) is 3.15. The molecule has 106 valence electrons. The summed E-state index contributed by atoms with van der Waals surface area (Å²) in [5.74, 6) is 1.34. The van der Waals surface area contributed by atoms with Crippen molar-refractivity contribution in [3.8, 4) is 11.5 Å². The van der Waals surface area contributed by atoms with Crippen LogP contribution in [-0.2, 0) is 0 Å². The maximum absolute atomic E-state index is 10.7. The van der Waals surface area contributed by atoms with Gasteiger partial charge in [0.15, 0.2) is 11.5 Å². The number of aromatic amines is 1. The third kappa shape index (κ3) is 2.01. The fourth-order valence-electron chi connectivity index (χ4n) is 2.67. The topological polar surface area (TPSA) is 54.5 Å². The van der Waals surface area contributed by atoms with Gasteiger partial charge in [-0.15, -0.1) is 0 Å². The van der Waals surface area contributed by atoms with Crippen molar-refractivity contribution in [2.75, 3.05) is 6.79 Å². The van der Waals surface area contributed by atoms with Crippen LogP contribution in [0.5, 0.6) is 11.5 Å². The number of hydrogen-bond acceptors (Lipinski definition) is 3. The number of ether oxygens (including phenoxy) is 2. The van der Waals surface area contributed by atoms with Crippen LogP contribution in [0.15, 0.2) is 47.1 Å². The van der Waals surface area contributed by atoms with Gasteiger partial charge in [0.25, 0.3) is 0 Å². The number of aliphatic hydroxyl groups excluding tert-OH is 1. The molecule has 21 heavy (non-hydrogen) atoms. The molecule has 0 amide bonds. The third-order valence-corrected chi connectivity index (χ3v) is 4.28. The quantitative estimate of drug-likeness (QED) is 0.743. The summed E-state index contributed by atoms with van der Waals surface area (Å²) in [6.45, 7) is 0.209. The molecule has 0 radical (unpaired) electrons. The largest absolute Gasteiger partial charge is 0.454 e. The molecule has 1 aliphatic rings. The summed E-state index contributed by atoms with van der Waals surface area (Å²) >= 11 is 3.46. The standard InChI is InChI=1S/C16H12BrNO3/c17-12-6-9(7-14-16(12)21-8-20-14)15(19)11-2-1-3-13-10(11)4-5-18-13/h1-7,15,18-19H,8H2. The fourth-order valence-corrected chi connectivity index (χ4v) is 3.25. The van der Waals surface area contributed by atoms with Crippen LogP contribution in [-0.4, -0.2) is 16.9 Å². The number of benzene rings is 2. The molecule has 4 nitrogen and oxygen atoms in total. The van der Waals surface area contributed by atoms with Gasteiger partial charge < -0.3 is 19.6 Å². The van der Waals surface area contributed by atoms with Gasteiger partial charge in [-0.2, -0.15) is 0 Å². The molecule has 0 saturated carbocycles. The zero-order valence-corrected chi connectivity index (χ0v) is 12.6. The van der Waals surface area contributed by atoms with E-state index in [4.69, 9.17) is 9.47 Å². The van der Waals surface area contributed by atoms with Crippen molar-refractivity contribution in [2.24, 2.45) is 0 Å². The summed E-state index contributed by atoms with van der Waals surface area (Å²) in [5, 5.41) is 11.7. The van der Waals surface area contributed by atoms with Crippen molar-refractivity contribution in [1.29, 1.82) is 0 Å². The maximum atomic E-state index is 10.7. The van der Waals surface area contributed by atoms with Gasteiger partial charge >= 0.3 is 0 Å². The van der Waals surface area contributed by atoms with Crippen molar-refractivity contribution in [2.45, 2.75) is 6.10 Å². The second-order valence-corrected chi connectivity index (χ2v) is 5.78. The molecule has 2 N–H and O–H groups in total. The second-order valence-electron chi connectivity index (χ2n) is 4.93. The van der Waals surface area contributed by atoms with E-state index in [0.29, 0.717) is 11.5 Å². The molecule has 1 atom stereocenters. The first-order valence-electron chi connectivity index (χ1n) is 6.57. The Hall–Kier alpha value is -1.98. The number of H-pyrrole nitrogens is 1. The Balaban J connectivity index is 1.83. The molecule has 0 bridgehead atoms. The Morgan fingerprint density at radius 1 is 1.19 bits per heavy atom. The van der Waals surface area contributed by atoms with E-state index < -0.39 is 6.10 Å². The lowest BCUT2D eigenvalue weighted by atomic mass is 9.98. The van der Waals surface area contributed by atoms with Gasteiger partial charge in [-0.3, -0.25) is 0 Å². The van der Waals surface area contributed by atoms with E-state index in [-0.39, 0.29) is 6.79 Å². The first-order chi connectivity index (χ1) is 10.2. The van der Waals surface area contributed by atoms with E-state index in [1.54, 1.807) is 0 Å². The molecule has 2 heterocycles. The van der Waals surface area contributed by atoms with E-state index in [1.165, 1.54) is 0 Å². The molecule has 2 aromatic carbocycles. The number of halogens is 1. The van der Waals surface area contributed by atoms with Crippen molar-refractivity contribution in [1.82, 2.24) is 4.98 Å². The number of aromatic nitrogens is 1. The minimum Gasteiger partial charge on any atom is -0.454 e. The van der Waals surface area contributed by atoms with Crippen LogP contribution in [0.4, 0.5) is 0 Å². The highest BCUT2D eigenvalue weighted by molar-refractivity contribution is 9.10. The molecule has 0 saturated heterocycles. The summed E-state index contributed by atoms with van der Waals surface area (Å²) in [7, 11) is 0. The van der Waals surface area contributed by atoms with Crippen LogP contribution in [0, 0.1) is 0 Å². The van der Waals surface area contributed by atoms with E-state index in [0.717, 1.165) is 26.5 Å². The number of aliphatic hydroxyl groups is 1.